The molecule has 2 aromatic carbocycles. The van der Waals surface area contributed by atoms with Gasteiger partial charge in [-0.15, -0.1) is 0 Å². The molecule has 0 amide bonds. The lowest BCUT2D eigenvalue weighted by Gasteiger charge is -2.09. The number of rotatable bonds is 6. The average molecular weight is 319 g/mol. The Morgan fingerprint density at radius 3 is 2.53 bits per heavy atom. The van der Waals surface area contributed by atoms with Crippen LogP contribution in [0, 0.1) is 0 Å². The minimum absolute atomic E-state index is 0.693. The van der Waals surface area contributed by atoms with E-state index in [0.29, 0.717) is 6.61 Å². The molecule has 0 aliphatic carbocycles. The van der Waals surface area contributed by atoms with Gasteiger partial charge in [0.2, 0.25) is 0 Å². The summed E-state index contributed by atoms with van der Waals surface area (Å²) >= 11 is 3.52. The summed E-state index contributed by atoms with van der Waals surface area (Å²) in [5.41, 5.74) is 4.02. The molecule has 0 atom stereocenters. The normalized spacial score (nSPS) is 10.6. The number of ether oxygens (including phenoxy) is 1. The summed E-state index contributed by atoms with van der Waals surface area (Å²) in [5, 5.41) is 0. The van der Waals surface area contributed by atoms with E-state index in [2.05, 4.69) is 53.2 Å². The van der Waals surface area contributed by atoms with Crippen LogP contribution in [0.1, 0.15) is 23.6 Å². The molecule has 2 heteroatoms. The average Bonchev–Trinajstić information content (AvgIpc) is 2.46. The molecule has 1 nitrogen and oxygen atoms in total. The Balaban J connectivity index is 1.83. The largest absolute Gasteiger partial charge is 0.376 e. The summed E-state index contributed by atoms with van der Waals surface area (Å²) in [5.74, 6) is 0. The third kappa shape index (κ3) is 4.48. The van der Waals surface area contributed by atoms with Gasteiger partial charge in [-0.2, -0.15) is 0 Å². The Kier molecular flexibility index (Phi) is 5.62. The number of hydrogen-bond acceptors (Lipinski definition) is 1. The molecular formula is C17H19BrO. The van der Waals surface area contributed by atoms with Crippen molar-refractivity contribution in [1.29, 1.82) is 0 Å². The lowest BCUT2D eigenvalue weighted by molar-refractivity contribution is 0.123. The maximum Gasteiger partial charge on any atom is 0.0717 e. The van der Waals surface area contributed by atoms with Crippen LogP contribution in [0.5, 0.6) is 0 Å². The van der Waals surface area contributed by atoms with E-state index in [1.54, 1.807) is 0 Å². The smallest absolute Gasteiger partial charge is 0.0717 e. The molecule has 0 N–H and O–H groups in total. The fourth-order valence-electron chi connectivity index (χ4n) is 2.11. The maximum absolute atomic E-state index is 5.74. The van der Waals surface area contributed by atoms with E-state index in [1.807, 2.05) is 18.2 Å². The SMILES string of the molecule is CCc1cc(Br)ccc1CCOCc1ccccc1. The molecule has 2 aromatic rings. The van der Waals surface area contributed by atoms with E-state index in [-0.39, 0.29) is 0 Å². The van der Waals surface area contributed by atoms with Crippen molar-refractivity contribution in [2.75, 3.05) is 6.61 Å². The fourth-order valence-corrected chi connectivity index (χ4v) is 2.52. The highest BCUT2D eigenvalue weighted by atomic mass is 79.9. The number of hydrogen-bond donors (Lipinski definition) is 0. The summed E-state index contributed by atoms with van der Waals surface area (Å²) in [7, 11) is 0. The van der Waals surface area contributed by atoms with Crippen LogP contribution < -0.4 is 0 Å². The van der Waals surface area contributed by atoms with Gasteiger partial charge in [0.15, 0.2) is 0 Å². The predicted octanol–water partition coefficient (Wildman–Crippen LogP) is 4.77. The Hall–Kier alpha value is -1.12. The zero-order chi connectivity index (χ0) is 13.5. The second-order valence-corrected chi connectivity index (χ2v) is 5.47. The molecule has 0 spiro atoms. The maximum atomic E-state index is 5.74. The van der Waals surface area contributed by atoms with Crippen LogP contribution in [0.25, 0.3) is 0 Å². The first-order valence-electron chi connectivity index (χ1n) is 6.68. The van der Waals surface area contributed by atoms with Crippen molar-refractivity contribution in [3.05, 3.63) is 69.7 Å². The molecule has 0 aromatic heterocycles. The topological polar surface area (TPSA) is 9.23 Å². The van der Waals surface area contributed by atoms with Crippen molar-refractivity contribution < 1.29 is 4.74 Å². The van der Waals surface area contributed by atoms with E-state index in [0.717, 1.165) is 23.9 Å². The summed E-state index contributed by atoms with van der Waals surface area (Å²) < 4.78 is 6.89. The molecule has 0 bridgehead atoms. The molecule has 0 saturated heterocycles. The number of benzene rings is 2. The molecule has 0 aliphatic rings. The summed E-state index contributed by atoms with van der Waals surface area (Å²) in [6.45, 7) is 3.65. The first-order valence-corrected chi connectivity index (χ1v) is 7.48. The molecular weight excluding hydrogens is 300 g/mol. The zero-order valence-corrected chi connectivity index (χ0v) is 12.8. The van der Waals surface area contributed by atoms with E-state index < -0.39 is 0 Å². The highest BCUT2D eigenvalue weighted by molar-refractivity contribution is 9.10. The fraction of sp³-hybridized carbons (Fsp3) is 0.294. The van der Waals surface area contributed by atoms with Gasteiger partial charge in [-0.3, -0.25) is 0 Å². The van der Waals surface area contributed by atoms with Crippen LogP contribution in [0.4, 0.5) is 0 Å². The molecule has 19 heavy (non-hydrogen) atoms. The van der Waals surface area contributed by atoms with Gasteiger partial charge in [-0.25, -0.2) is 0 Å². The molecule has 100 valence electrons. The summed E-state index contributed by atoms with van der Waals surface area (Å²) in [4.78, 5) is 0. The first kappa shape index (κ1) is 14.3. The van der Waals surface area contributed by atoms with E-state index in [9.17, 15) is 0 Å². The van der Waals surface area contributed by atoms with Crippen LogP contribution in [0.3, 0.4) is 0 Å². The zero-order valence-electron chi connectivity index (χ0n) is 11.2. The van der Waals surface area contributed by atoms with Crippen molar-refractivity contribution in [2.45, 2.75) is 26.4 Å². The highest BCUT2D eigenvalue weighted by Gasteiger charge is 2.02. The van der Waals surface area contributed by atoms with Crippen molar-refractivity contribution in [1.82, 2.24) is 0 Å². The Morgan fingerprint density at radius 1 is 1.00 bits per heavy atom. The first-order chi connectivity index (χ1) is 9.29. The molecule has 0 unspecified atom stereocenters. The van der Waals surface area contributed by atoms with Crippen LogP contribution >= 0.6 is 15.9 Å². The lowest BCUT2D eigenvalue weighted by atomic mass is 10.0. The predicted molar refractivity (Wildman–Crippen MR) is 83.3 cm³/mol. The van der Waals surface area contributed by atoms with Crippen molar-refractivity contribution in [2.24, 2.45) is 0 Å². The number of aryl methyl sites for hydroxylation is 1. The van der Waals surface area contributed by atoms with Crippen LogP contribution in [-0.4, -0.2) is 6.61 Å². The van der Waals surface area contributed by atoms with Gasteiger partial charge in [-0.1, -0.05) is 59.3 Å². The van der Waals surface area contributed by atoms with Gasteiger partial charge in [0.05, 0.1) is 13.2 Å². The molecule has 0 fully saturated rings. The minimum Gasteiger partial charge on any atom is -0.376 e. The molecule has 0 aliphatic heterocycles. The summed E-state index contributed by atoms with van der Waals surface area (Å²) in [6, 6.07) is 16.8. The van der Waals surface area contributed by atoms with Gasteiger partial charge < -0.3 is 4.74 Å². The van der Waals surface area contributed by atoms with Crippen molar-refractivity contribution in [3.8, 4) is 0 Å². The Morgan fingerprint density at radius 2 is 1.79 bits per heavy atom. The standard InChI is InChI=1S/C17H19BrO/c1-2-15-12-17(18)9-8-16(15)10-11-19-13-14-6-4-3-5-7-14/h3-9,12H,2,10-11,13H2,1H3. The van der Waals surface area contributed by atoms with Gasteiger partial charge >= 0.3 is 0 Å². The number of halogens is 1. The van der Waals surface area contributed by atoms with Crippen LogP contribution in [-0.2, 0) is 24.2 Å². The van der Waals surface area contributed by atoms with Crippen LogP contribution in [0.15, 0.2) is 53.0 Å². The van der Waals surface area contributed by atoms with Crippen molar-refractivity contribution in [3.63, 3.8) is 0 Å². The van der Waals surface area contributed by atoms with Gasteiger partial charge in [0, 0.05) is 4.47 Å². The van der Waals surface area contributed by atoms with Crippen molar-refractivity contribution >= 4 is 15.9 Å². The Bertz CT molecular complexity index is 508. The molecule has 2 rings (SSSR count). The van der Waals surface area contributed by atoms with E-state index in [1.165, 1.54) is 16.7 Å². The molecule has 0 saturated carbocycles. The third-order valence-electron chi connectivity index (χ3n) is 3.18. The second kappa shape index (κ2) is 7.46. The molecule has 0 heterocycles. The van der Waals surface area contributed by atoms with E-state index in [4.69, 9.17) is 4.74 Å². The summed E-state index contributed by atoms with van der Waals surface area (Å²) in [6.07, 6.45) is 2.04. The minimum atomic E-state index is 0.693. The lowest BCUT2D eigenvalue weighted by Crippen LogP contribution is -2.01. The highest BCUT2D eigenvalue weighted by Crippen LogP contribution is 2.18. The van der Waals surface area contributed by atoms with Gasteiger partial charge in [0.1, 0.15) is 0 Å². The second-order valence-electron chi connectivity index (χ2n) is 4.55. The molecule has 0 radical (unpaired) electrons. The van der Waals surface area contributed by atoms with Gasteiger partial charge in [-0.05, 0) is 41.7 Å². The van der Waals surface area contributed by atoms with Gasteiger partial charge in [0.25, 0.3) is 0 Å². The quantitative estimate of drug-likeness (QED) is 0.697. The monoisotopic (exact) mass is 318 g/mol. The Labute approximate surface area is 123 Å². The van der Waals surface area contributed by atoms with E-state index >= 15 is 0 Å². The van der Waals surface area contributed by atoms with Crippen LogP contribution in [0.2, 0.25) is 0 Å². The third-order valence-corrected chi connectivity index (χ3v) is 3.67.